The summed E-state index contributed by atoms with van der Waals surface area (Å²) < 4.78 is 0. The number of thioether (sulfide) groups is 1. The largest absolute Gasteiger partial charge is 0.350 e. The van der Waals surface area contributed by atoms with E-state index in [0.717, 1.165) is 18.6 Å². The van der Waals surface area contributed by atoms with E-state index in [1.165, 1.54) is 0 Å². The molecule has 2 unspecified atom stereocenters. The van der Waals surface area contributed by atoms with Crippen LogP contribution in [0.5, 0.6) is 0 Å². The van der Waals surface area contributed by atoms with Crippen LogP contribution in [0.4, 0.5) is 0 Å². The van der Waals surface area contributed by atoms with Gasteiger partial charge in [-0.15, -0.1) is 11.8 Å². The molecule has 2 N–H and O–H groups in total. The number of carbonyl (C=O) groups is 2. The maximum Gasteiger partial charge on any atom is 0.242 e. The van der Waals surface area contributed by atoms with Crippen LogP contribution in [0.25, 0.3) is 0 Å². The molecule has 0 bridgehead atoms. The van der Waals surface area contributed by atoms with Gasteiger partial charge >= 0.3 is 0 Å². The molecule has 0 saturated carbocycles. The summed E-state index contributed by atoms with van der Waals surface area (Å²) in [7, 11) is 0. The van der Waals surface area contributed by atoms with Crippen LogP contribution in [0, 0.1) is 0 Å². The number of carbonyl (C=O) groups excluding carboxylic acids is 2. The summed E-state index contributed by atoms with van der Waals surface area (Å²) in [5.41, 5.74) is -0.280. The van der Waals surface area contributed by atoms with E-state index in [0.29, 0.717) is 0 Å². The Morgan fingerprint density at radius 3 is 2.21 bits per heavy atom. The van der Waals surface area contributed by atoms with Crippen LogP contribution in [0.3, 0.4) is 0 Å². The molecule has 0 aliphatic carbocycles. The molecule has 112 valence electrons. The zero-order valence-corrected chi connectivity index (χ0v) is 13.8. The first-order chi connectivity index (χ1) is 8.67. The predicted molar refractivity (Wildman–Crippen MR) is 82.3 cm³/mol. The Hall–Kier alpha value is -0.710. The van der Waals surface area contributed by atoms with Crippen LogP contribution in [-0.2, 0) is 9.59 Å². The second-order valence-electron chi connectivity index (χ2n) is 5.84. The topological polar surface area (TPSA) is 58.2 Å². The molecule has 0 aromatic rings. The molecule has 19 heavy (non-hydrogen) atoms. The zero-order valence-electron chi connectivity index (χ0n) is 13.0. The van der Waals surface area contributed by atoms with Crippen molar-refractivity contribution in [1.82, 2.24) is 10.6 Å². The number of amides is 2. The lowest BCUT2D eigenvalue weighted by Crippen LogP contribution is -2.52. The molecule has 5 heteroatoms. The second-order valence-corrected chi connectivity index (χ2v) is 7.28. The smallest absolute Gasteiger partial charge is 0.242 e. The van der Waals surface area contributed by atoms with Crippen LogP contribution in [0.2, 0.25) is 0 Å². The Morgan fingerprint density at radius 1 is 1.16 bits per heavy atom. The van der Waals surface area contributed by atoms with Gasteiger partial charge in [0.1, 0.15) is 6.04 Å². The highest BCUT2D eigenvalue weighted by Crippen LogP contribution is 2.13. The summed E-state index contributed by atoms with van der Waals surface area (Å²) in [5, 5.41) is 5.50. The summed E-state index contributed by atoms with van der Waals surface area (Å²) in [6.07, 6.45) is 2.24. The lowest BCUT2D eigenvalue weighted by Gasteiger charge is -2.24. The monoisotopic (exact) mass is 288 g/mol. The fourth-order valence-electron chi connectivity index (χ4n) is 1.35. The average molecular weight is 288 g/mol. The van der Waals surface area contributed by atoms with Crippen LogP contribution in [-0.4, -0.2) is 34.4 Å². The maximum atomic E-state index is 11.9. The van der Waals surface area contributed by atoms with Crippen LogP contribution in [0.1, 0.15) is 54.4 Å². The first kappa shape index (κ1) is 18.3. The maximum absolute atomic E-state index is 11.9. The highest BCUT2D eigenvalue weighted by atomic mass is 32.2. The number of unbranched alkanes of at least 4 members (excludes halogenated alkanes) is 1. The first-order valence-corrected chi connectivity index (χ1v) is 7.96. The Balaban J connectivity index is 4.13. The van der Waals surface area contributed by atoms with Gasteiger partial charge in [0.25, 0.3) is 0 Å². The van der Waals surface area contributed by atoms with Gasteiger partial charge < -0.3 is 10.6 Å². The van der Waals surface area contributed by atoms with Gasteiger partial charge in [-0.3, -0.25) is 9.59 Å². The lowest BCUT2D eigenvalue weighted by molar-refractivity contribution is -0.129. The van der Waals surface area contributed by atoms with Gasteiger partial charge in [-0.2, -0.15) is 0 Å². The fraction of sp³-hybridized carbons (Fsp3) is 0.857. The summed E-state index contributed by atoms with van der Waals surface area (Å²) in [6, 6.07) is -0.499. The highest BCUT2D eigenvalue weighted by molar-refractivity contribution is 8.00. The highest BCUT2D eigenvalue weighted by Gasteiger charge is 2.22. The van der Waals surface area contributed by atoms with Crippen molar-refractivity contribution >= 4 is 23.6 Å². The minimum atomic E-state index is -0.499. The van der Waals surface area contributed by atoms with Crippen molar-refractivity contribution in [3.8, 4) is 0 Å². The van der Waals surface area contributed by atoms with Crippen molar-refractivity contribution in [2.24, 2.45) is 0 Å². The Bertz CT molecular complexity index is 300. The van der Waals surface area contributed by atoms with Crippen LogP contribution in [0.15, 0.2) is 0 Å². The van der Waals surface area contributed by atoms with Gasteiger partial charge in [-0.1, -0.05) is 13.3 Å². The van der Waals surface area contributed by atoms with E-state index in [-0.39, 0.29) is 22.6 Å². The lowest BCUT2D eigenvalue weighted by atomic mass is 10.1. The molecule has 0 aliphatic rings. The molecule has 0 radical (unpaired) electrons. The van der Waals surface area contributed by atoms with Crippen molar-refractivity contribution in [2.75, 3.05) is 5.75 Å². The molecule has 2 amide bonds. The Kier molecular flexibility index (Phi) is 8.14. The average Bonchev–Trinajstić information content (AvgIpc) is 2.26. The van der Waals surface area contributed by atoms with E-state index >= 15 is 0 Å². The molecule has 0 fully saturated rings. The molecule has 4 nitrogen and oxygen atoms in total. The quantitative estimate of drug-likeness (QED) is 0.707. The van der Waals surface area contributed by atoms with Gasteiger partial charge in [0.05, 0.1) is 5.25 Å². The molecule has 0 heterocycles. The molecular weight excluding hydrogens is 260 g/mol. The summed E-state index contributed by atoms with van der Waals surface area (Å²) in [4.78, 5) is 23.8. The normalized spacial score (nSPS) is 14.6. The van der Waals surface area contributed by atoms with E-state index in [1.807, 2.05) is 27.7 Å². The van der Waals surface area contributed by atoms with Crippen molar-refractivity contribution in [1.29, 1.82) is 0 Å². The molecular formula is C14H28N2O2S. The predicted octanol–water partition coefficient (Wildman–Crippen LogP) is 2.33. The fourth-order valence-corrected chi connectivity index (χ4v) is 2.38. The summed E-state index contributed by atoms with van der Waals surface area (Å²) in [5.74, 6) is 0.762. The van der Waals surface area contributed by atoms with E-state index < -0.39 is 6.04 Å². The SMILES string of the molecule is CCCCSC(C)C(=O)NC(C)C(=O)NC(C)(C)C. The Labute approximate surface area is 121 Å². The van der Waals surface area contributed by atoms with Crippen molar-refractivity contribution in [3.05, 3.63) is 0 Å². The number of rotatable bonds is 7. The Morgan fingerprint density at radius 2 is 1.74 bits per heavy atom. The van der Waals surface area contributed by atoms with E-state index in [9.17, 15) is 9.59 Å². The van der Waals surface area contributed by atoms with Gasteiger partial charge in [-0.25, -0.2) is 0 Å². The van der Waals surface area contributed by atoms with E-state index in [2.05, 4.69) is 17.6 Å². The molecule has 0 spiro atoms. The molecule has 0 aromatic carbocycles. The molecule has 0 aliphatic heterocycles. The third kappa shape index (κ3) is 8.92. The second kappa shape index (κ2) is 8.46. The van der Waals surface area contributed by atoms with Crippen molar-refractivity contribution in [3.63, 3.8) is 0 Å². The molecule has 0 aromatic heterocycles. The van der Waals surface area contributed by atoms with Crippen molar-refractivity contribution in [2.45, 2.75) is 71.2 Å². The molecule has 0 saturated heterocycles. The standard InChI is InChI=1S/C14H28N2O2S/c1-7-8-9-19-11(3)13(18)15-10(2)12(17)16-14(4,5)6/h10-11H,7-9H2,1-6H3,(H,15,18)(H,16,17). The zero-order chi connectivity index (χ0) is 15.1. The van der Waals surface area contributed by atoms with Crippen molar-refractivity contribution < 1.29 is 9.59 Å². The summed E-state index contributed by atoms with van der Waals surface area (Å²) >= 11 is 1.63. The number of hydrogen-bond acceptors (Lipinski definition) is 3. The third-order valence-corrected chi connectivity index (χ3v) is 3.72. The summed E-state index contributed by atoms with van der Waals surface area (Å²) in [6.45, 7) is 11.5. The molecule has 2 atom stereocenters. The van der Waals surface area contributed by atoms with Gasteiger partial charge in [0.15, 0.2) is 0 Å². The van der Waals surface area contributed by atoms with E-state index in [1.54, 1.807) is 18.7 Å². The van der Waals surface area contributed by atoms with E-state index in [4.69, 9.17) is 0 Å². The molecule has 0 rings (SSSR count). The third-order valence-electron chi connectivity index (χ3n) is 2.49. The number of nitrogens with one attached hydrogen (secondary N) is 2. The van der Waals surface area contributed by atoms with Crippen LogP contribution >= 0.6 is 11.8 Å². The number of hydrogen-bond donors (Lipinski definition) is 2. The van der Waals surface area contributed by atoms with Gasteiger partial charge in [-0.05, 0) is 46.8 Å². The minimum Gasteiger partial charge on any atom is -0.350 e. The first-order valence-electron chi connectivity index (χ1n) is 6.91. The van der Waals surface area contributed by atoms with Gasteiger partial charge in [0, 0.05) is 5.54 Å². The van der Waals surface area contributed by atoms with Gasteiger partial charge in [0.2, 0.25) is 11.8 Å². The minimum absolute atomic E-state index is 0.0716. The van der Waals surface area contributed by atoms with Crippen LogP contribution < -0.4 is 10.6 Å².